The van der Waals surface area contributed by atoms with Crippen molar-refractivity contribution < 1.29 is 4.39 Å². The molecule has 0 fully saturated rings. The Morgan fingerprint density at radius 3 is 2.46 bits per heavy atom. The van der Waals surface area contributed by atoms with Gasteiger partial charge in [0, 0.05) is 6.54 Å². The van der Waals surface area contributed by atoms with E-state index in [1.54, 1.807) is 12.1 Å². The molecule has 0 saturated heterocycles. The van der Waals surface area contributed by atoms with Crippen molar-refractivity contribution in [2.24, 2.45) is 5.73 Å². The molecule has 0 heterocycles. The smallest absolute Gasteiger partial charge is 0.123 e. The van der Waals surface area contributed by atoms with E-state index in [1.807, 2.05) is 6.08 Å². The van der Waals surface area contributed by atoms with Gasteiger partial charge in [0.25, 0.3) is 0 Å². The molecule has 1 aromatic rings. The predicted molar refractivity (Wildman–Crippen MR) is 53.7 cm³/mol. The lowest BCUT2D eigenvalue weighted by Gasteiger charge is -2.00. The van der Waals surface area contributed by atoms with Crippen molar-refractivity contribution in [3.63, 3.8) is 0 Å². The van der Waals surface area contributed by atoms with Gasteiger partial charge in [0.15, 0.2) is 0 Å². The summed E-state index contributed by atoms with van der Waals surface area (Å²) in [6, 6.07) is 6.41. The van der Waals surface area contributed by atoms with Crippen LogP contribution in [0.3, 0.4) is 0 Å². The second kappa shape index (κ2) is 4.77. The number of halogens is 1. The molecule has 0 aliphatic carbocycles. The number of hydrogen-bond donors (Lipinski definition) is 1. The molecule has 0 bridgehead atoms. The van der Waals surface area contributed by atoms with Crippen molar-refractivity contribution in [3.05, 3.63) is 41.2 Å². The third kappa shape index (κ3) is 2.99. The lowest BCUT2D eigenvalue weighted by molar-refractivity contribution is 0.628. The molecule has 1 nitrogen and oxygen atoms in total. The summed E-state index contributed by atoms with van der Waals surface area (Å²) >= 11 is 0. The van der Waals surface area contributed by atoms with Gasteiger partial charge in [-0.2, -0.15) is 0 Å². The molecule has 0 saturated carbocycles. The maximum Gasteiger partial charge on any atom is 0.123 e. The Morgan fingerprint density at radius 1 is 1.38 bits per heavy atom. The first-order valence-corrected chi connectivity index (χ1v) is 4.41. The third-order valence-electron chi connectivity index (χ3n) is 1.96. The van der Waals surface area contributed by atoms with Crippen LogP contribution in [0.15, 0.2) is 29.8 Å². The van der Waals surface area contributed by atoms with Crippen LogP contribution in [0, 0.1) is 5.82 Å². The van der Waals surface area contributed by atoms with Gasteiger partial charge in [-0.05, 0) is 24.1 Å². The summed E-state index contributed by atoms with van der Waals surface area (Å²) in [4.78, 5) is 0. The molecule has 0 spiro atoms. The molecule has 70 valence electrons. The quantitative estimate of drug-likeness (QED) is 0.758. The van der Waals surface area contributed by atoms with Crippen molar-refractivity contribution in [2.75, 3.05) is 6.54 Å². The van der Waals surface area contributed by atoms with Crippen LogP contribution in [-0.2, 0) is 0 Å². The van der Waals surface area contributed by atoms with Gasteiger partial charge in [0.2, 0.25) is 0 Å². The summed E-state index contributed by atoms with van der Waals surface area (Å²) in [6.45, 7) is 2.62. The minimum Gasteiger partial charge on any atom is -0.327 e. The van der Waals surface area contributed by atoms with E-state index in [0.717, 1.165) is 12.0 Å². The summed E-state index contributed by atoms with van der Waals surface area (Å²) in [7, 11) is 0. The SMILES string of the molecule is CCC(=Cc1ccc(F)cc1)CN. The van der Waals surface area contributed by atoms with Gasteiger partial charge in [0.05, 0.1) is 0 Å². The molecule has 2 N–H and O–H groups in total. The maximum atomic E-state index is 12.5. The van der Waals surface area contributed by atoms with Crippen LogP contribution < -0.4 is 5.73 Å². The third-order valence-corrected chi connectivity index (χ3v) is 1.96. The first-order valence-electron chi connectivity index (χ1n) is 4.41. The molecule has 0 radical (unpaired) electrons. The monoisotopic (exact) mass is 179 g/mol. The Labute approximate surface area is 78.1 Å². The van der Waals surface area contributed by atoms with Gasteiger partial charge >= 0.3 is 0 Å². The summed E-state index contributed by atoms with van der Waals surface area (Å²) in [5.41, 5.74) is 7.69. The second-order valence-corrected chi connectivity index (χ2v) is 2.91. The number of hydrogen-bond acceptors (Lipinski definition) is 1. The van der Waals surface area contributed by atoms with E-state index >= 15 is 0 Å². The minimum absolute atomic E-state index is 0.206. The normalized spacial score (nSPS) is 11.8. The van der Waals surface area contributed by atoms with E-state index in [0.29, 0.717) is 6.54 Å². The molecular formula is C11H14FN. The summed E-state index contributed by atoms with van der Waals surface area (Å²) < 4.78 is 12.5. The van der Waals surface area contributed by atoms with Crippen molar-refractivity contribution in [2.45, 2.75) is 13.3 Å². The van der Waals surface area contributed by atoms with Crippen LogP contribution in [-0.4, -0.2) is 6.54 Å². The zero-order chi connectivity index (χ0) is 9.68. The van der Waals surface area contributed by atoms with Gasteiger partial charge in [-0.1, -0.05) is 30.7 Å². The van der Waals surface area contributed by atoms with E-state index in [1.165, 1.54) is 17.7 Å². The molecular weight excluding hydrogens is 165 g/mol. The molecule has 1 rings (SSSR count). The highest BCUT2D eigenvalue weighted by molar-refractivity contribution is 5.52. The van der Waals surface area contributed by atoms with Crippen LogP contribution in [0.4, 0.5) is 4.39 Å². The molecule has 2 heteroatoms. The zero-order valence-corrected chi connectivity index (χ0v) is 7.76. The number of nitrogens with two attached hydrogens (primary N) is 1. The van der Waals surface area contributed by atoms with Crippen LogP contribution in [0.5, 0.6) is 0 Å². The van der Waals surface area contributed by atoms with Crippen LogP contribution >= 0.6 is 0 Å². The summed E-state index contributed by atoms with van der Waals surface area (Å²) in [5.74, 6) is -0.206. The zero-order valence-electron chi connectivity index (χ0n) is 7.76. The average molecular weight is 179 g/mol. The topological polar surface area (TPSA) is 26.0 Å². The highest BCUT2D eigenvalue weighted by Crippen LogP contribution is 2.09. The largest absolute Gasteiger partial charge is 0.327 e. The summed E-state index contributed by atoms with van der Waals surface area (Å²) in [5, 5.41) is 0. The predicted octanol–water partition coefficient (Wildman–Crippen LogP) is 2.58. The average Bonchev–Trinajstić information content (AvgIpc) is 2.17. The van der Waals surface area contributed by atoms with Crippen molar-refractivity contribution >= 4 is 6.08 Å². The van der Waals surface area contributed by atoms with E-state index < -0.39 is 0 Å². The van der Waals surface area contributed by atoms with Gasteiger partial charge in [-0.25, -0.2) is 4.39 Å². The number of rotatable bonds is 3. The fourth-order valence-electron chi connectivity index (χ4n) is 1.10. The Kier molecular flexibility index (Phi) is 3.65. The molecule has 0 atom stereocenters. The van der Waals surface area contributed by atoms with Crippen LogP contribution in [0.2, 0.25) is 0 Å². The van der Waals surface area contributed by atoms with Crippen molar-refractivity contribution in [1.82, 2.24) is 0 Å². The van der Waals surface area contributed by atoms with Crippen LogP contribution in [0.25, 0.3) is 6.08 Å². The van der Waals surface area contributed by atoms with Crippen molar-refractivity contribution in [3.8, 4) is 0 Å². The van der Waals surface area contributed by atoms with E-state index in [9.17, 15) is 4.39 Å². The fraction of sp³-hybridized carbons (Fsp3) is 0.273. The first-order chi connectivity index (χ1) is 6.26. The highest BCUT2D eigenvalue weighted by Gasteiger charge is 1.93. The minimum atomic E-state index is -0.206. The van der Waals surface area contributed by atoms with Gasteiger partial charge in [-0.15, -0.1) is 0 Å². The van der Waals surface area contributed by atoms with Gasteiger partial charge in [-0.3, -0.25) is 0 Å². The summed E-state index contributed by atoms with van der Waals surface area (Å²) in [6.07, 6.45) is 2.94. The molecule has 0 unspecified atom stereocenters. The first kappa shape index (κ1) is 9.93. The molecule has 0 aromatic heterocycles. The molecule has 0 amide bonds. The Bertz CT molecular complexity index is 281. The van der Waals surface area contributed by atoms with E-state index in [2.05, 4.69) is 6.92 Å². The van der Waals surface area contributed by atoms with Gasteiger partial charge < -0.3 is 5.73 Å². The Balaban J connectivity index is 2.84. The second-order valence-electron chi connectivity index (χ2n) is 2.91. The van der Waals surface area contributed by atoms with Gasteiger partial charge in [0.1, 0.15) is 5.82 Å². The Morgan fingerprint density at radius 2 is 2.00 bits per heavy atom. The fourth-order valence-corrected chi connectivity index (χ4v) is 1.10. The van der Waals surface area contributed by atoms with E-state index in [4.69, 9.17) is 5.73 Å². The number of benzene rings is 1. The van der Waals surface area contributed by atoms with Crippen LogP contribution in [0.1, 0.15) is 18.9 Å². The standard InChI is InChI=1S/C11H14FN/c1-2-9(8-13)7-10-3-5-11(12)6-4-10/h3-7H,2,8,13H2,1H3. The van der Waals surface area contributed by atoms with Crippen molar-refractivity contribution in [1.29, 1.82) is 0 Å². The molecule has 1 aromatic carbocycles. The molecule has 0 aliphatic heterocycles. The molecule has 13 heavy (non-hydrogen) atoms. The van der Waals surface area contributed by atoms with E-state index in [-0.39, 0.29) is 5.82 Å². The Hall–Kier alpha value is -1.15. The lowest BCUT2D eigenvalue weighted by atomic mass is 10.1. The maximum absolute atomic E-state index is 12.5. The molecule has 0 aliphatic rings. The lowest BCUT2D eigenvalue weighted by Crippen LogP contribution is -2.01. The highest BCUT2D eigenvalue weighted by atomic mass is 19.1.